The van der Waals surface area contributed by atoms with Gasteiger partial charge in [-0.15, -0.1) is 0 Å². The summed E-state index contributed by atoms with van der Waals surface area (Å²) in [4.78, 5) is 39.2. The van der Waals surface area contributed by atoms with Gasteiger partial charge in [-0.2, -0.15) is 0 Å². The molecule has 46 heavy (non-hydrogen) atoms. The van der Waals surface area contributed by atoms with E-state index in [0.717, 1.165) is 25.0 Å². The Kier molecular flexibility index (Phi) is 17.7. The Labute approximate surface area is 276 Å². The number of carbonyl (C=O) groups is 3. The molecular weight excluding hydrogens is 582 g/mol. The van der Waals surface area contributed by atoms with Gasteiger partial charge in [0.15, 0.2) is 0 Å². The molecule has 0 unspecified atom stereocenters. The Balaban J connectivity index is 1.30. The predicted octanol–water partition coefficient (Wildman–Crippen LogP) is 9.89. The molecule has 1 saturated heterocycles. The van der Waals surface area contributed by atoms with Gasteiger partial charge in [0.05, 0.1) is 24.7 Å². The Bertz CT molecular complexity index is 1140. The van der Waals surface area contributed by atoms with E-state index in [4.69, 9.17) is 18.9 Å². The van der Waals surface area contributed by atoms with E-state index in [1.54, 1.807) is 29.2 Å². The highest BCUT2D eigenvalue weighted by Gasteiger charge is 2.30. The van der Waals surface area contributed by atoms with Crippen molar-refractivity contribution in [1.82, 2.24) is 4.90 Å². The Morgan fingerprint density at radius 2 is 1.11 bits per heavy atom. The molecule has 1 amide bonds. The van der Waals surface area contributed by atoms with Gasteiger partial charge in [-0.1, -0.05) is 90.9 Å². The molecule has 0 N–H and O–H groups in total. The lowest BCUT2D eigenvalue weighted by molar-refractivity contribution is -0.144. The van der Waals surface area contributed by atoms with E-state index in [0.29, 0.717) is 50.6 Å². The molecule has 1 aliphatic rings. The minimum Gasteiger partial charge on any atom is -0.494 e. The molecule has 0 atom stereocenters. The fraction of sp³-hybridized carbons (Fsp3) is 0.605. The van der Waals surface area contributed by atoms with Crippen molar-refractivity contribution < 1.29 is 33.3 Å². The maximum Gasteiger partial charge on any atom is 0.409 e. The highest BCUT2D eigenvalue weighted by Crippen LogP contribution is 2.25. The molecule has 0 aliphatic carbocycles. The first-order chi connectivity index (χ1) is 22.5. The number of esters is 2. The Morgan fingerprint density at radius 1 is 0.630 bits per heavy atom. The molecule has 0 aromatic heterocycles. The summed E-state index contributed by atoms with van der Waals surface area (Å²) in [5.41, 5.74) is 0.265. The minimum absolute atomic E-state index is 0.265. The molecule has 3 rings (SSSR count). The lowest BCUT2D eigenvalue weighted by atomic mass is 9.97. The first kappa shape index (κ1) is 36.9. The number of likely N-dealkylation sites (tertiary alicyclic amines) is 1. The second kappa shape index (κ2) is 22.1. The maximum atomic E-state index is 12.7. The van der Waals surface area contributed by atoms with Crippen molar-refractivity contribution in [2.75, 3.05) is 26.3 Å². The molecule has 1 aliphatic heterocycles. The molecular formula is C38H55NO7. The molecule has 2 aromatic rings. The van der Waals surface area contributed by atoms with Gasteiger partial charge < -0.3 is 23.8 Å². The normalized spacial score (nSPS) is 13.3. The van der Waals surface area contributed by atoms with E-state index in [1.807, 2.05) is 24.3 Å². The highest BCUT2D eigenvalue weighted by molar-refractivity contribution is 5.97. The summed E-state index contributed by atoms with van der Waals surface area (Å²) in [5.74, 6) is 0.341. The summed E-state index contributed by atoms with van der Waals surface area (Å²) < 4.78 is 22.3. The second-order valence-corrected chi connectivity index (χ2v) is 12.3. The number of nitrogens with zero attached hydrogens (tertiary/aromatic N) is 1. The molecule has 8 nitrogen and oxygen atoms in total. The van der Waals surface area contributed by atoms with Gasteiger partial charge in [0.25, 0.3) is 0 Å². The summed E-state index contributed by atoms with van der Waals surface area (Å²) in [6.07, 6.45) is 17.5. The van der Waals surface area contributed by atoms with Crippen molar-refractivity contribution in [1.29, 1.82) is 0 Å². The van der Waals surface area contributed by atoms with Crippen LogP contribution in [-0.4, -0.2) is 49.2 Å². The molecule has 254 valence electrons. The number of amides is 1. The number of benzene rings is 2. The van der Waals surface area contributed by atoms with Gasteiger partial charge in [-0.3, -0.25) is 4.79 Å². The van der Waals surface area contributed by atoms with Crippen molar-refractivity contribution >= 4 is 18.0 Å². The van der Waals surface area contributed by atoms with Gasteiger partial charge in [0.2, 0.25) is 0 Å². The van der Waals surface area contributed by atoms with Gasteiger partial charge in [-0.25, -0.2) is 9.59 Å². The van der Waals surface area contributed by atoms with Crippen LogP contribution >= 0.6 is 0 Å². The van der Waals surface area contributed by atoms with Crippen LogP contribution in [0.3, 0.4) is 0 Å². The van der Waals surface area contributed by atoms with Crippen molar-refractivity contribution in [3.05, 3.63) is 54.1 Å². The third-order valence-electron chi connectivity index (χ3n) is 8.42. The Morgan fingerprint density at radius 3 is 1.67 bits per heavy atom. The molecule has 0 radical (unpaired) electrons. The standard InChI is InChI=1S/C38H55NO7/c1-3-5-7-9-11-12-14-15-29-43-33-21-23-35(24-22-33)45-34-19-17-31(18-20-34)36(40)46-37(41)32-25-27-39(28-26-32)38(42)44-30-16-13-10-8-6-4-2/h17-24,32H,3-16,25-30H2,1-2H3. The molecule has 0 saturated carbocycles. The van der Waals surface area contributed by atoms with Crippen LogP contribution < -0.4 is 9.47 Å². The van der Waals surface area contributed by atoms with Crippen molar-refractivity contribution in [2.24, 2.45) is 5.92 Å². The summed E-state index contributed by atoms with van der Waals surface area (Å²) in [7, 11) is 0. The molecule has 0 spiro atoms. The summed E-state index contributed by atoms with van der Waals surface area (Å²) in [6, 6.07) is 14.0. The highest BCUT2D eigenvalue weighted by atomic mass is 16.6. The van der Waals surface area contributed by atoms with E-state index < -0.39 is 17.9 Å². The van der Waals surface area contributed by atoms with Crippen LogP contribution in [0.1, 0.15) is 127 Å². The van der Waals surface area contributed by atoms with Gasteiger partial charge in [0, 0.05) is 13.1 Å². The van der Waals surface area contributed by atoms with E-state index in [9.17, 15) is 14.4 Å². The van der Waals surface area contributed by atoms with E-state index in [1.165, 1.54) is 70.6 Å². The molecule has 2 aromatic carbocycles. The zero-order chi connectivity index (χ0) is 32.8. The number of carbonyl (C=O) groups excluding carboxylic acids is 3. The van der Waals surface area contributed by atoms with Gasteiger partial charge in [-0.05, 0) is 74.2 Å². The van der Waals surface area contributed by atoms with Crippen LogP contribution in [0.15, 0.2) is 48.5 Å². The second-order valence-electron chi connectivity index (χ2n) is 12.3. The van der Waals surface area contributed by atoms with Crippen LogP contribution in [0.2, 0.25) is 0 Å². The van der Waals surface area contributed by atoms with Crippen LogP contribution in [-0.2, 0) is 14.3 Å². The first-order valence-corrected chi connectivity index (χ1v) is 17.7. The lowest BCUT2D eigenvalue weighted by Gasteiger charge is -2.30. The zero-order valence-corrected chi connectivity index (χ0v) is 28.1. The van der Waals surface area contributed by atoms with E-state index in [-0.39, 0.29) is 11.7 Å². The number of hydrogen-bond acceptors (Lipinski definition) is 7. The number of ether oxygens (including phenoxy) is 4. The molecule has 1 fully saturated rings. The third kappa shape index (κ3) is 14.3. The molecule has 8 heteroatoms. The lowest BCUT2D eigenvalue weighted by Crippen LogP contribution is -2.41. The zero-order valence-electron chi connectivity index (χ0n) is 28.1. The number of piperidine rings is 1. The topological polar surface area (TPSA) is 91.4 Å². The Hall–Kier alpha value is -3.55. The monoisotopic (exact) mass is 637 g/mol. The van der Waals surface area contributed by atoms with E-state index >= 15 is 0 Å². The average molecular weight is 638 g/mol. The van der Waals surface area contributed by atoms with Crippen LogP contribution in [0.4, 0.5) is 4.79 Å². The van der Waals surface area contributed by atoms with Crippen LogP contribution in [0.25, 0.3) is 0 Å². The molecule has 0 bridgehead atoms. The quantitative estimate of drug-likeness (QED) is 0.0764. The SMILES string of the molecule is CCCCCCCCCCOc1ccc(Oc2ccc(C(=O)OC(=O)C3CCN(C(=O)OCCCCCCCC)CC3)cc2)cc1. The van der Waals surface area contributed by atoms with Crippen LogP contribution in [0.5, 0.6) is 17.2 Å². The third-order valence-corrected chi connectivity index (χ3v) is 8.42. The van der Waals surface area contributed by atoms with E-state index in [2.05, 4.69) is 13.8 Å². The maximum absolute atomic E-state index is 12.7. The number of unbranched alkanes of at least 4 members (excludes halogenated alkanes) is 12. The predicted molar refractivity (Wildman–Crippen MR) is 181 cm³/mol. The van der Waals surface area contributed by atoms with Crippen molar-refractivity contribution in [3.63, 3.8) is 0 Å². The summed E-state index contributed by atoms with van der Waals surface area (Å²) >= 11 is 0. The van der Waals surface area contributed by atoms with Crippen LogP contribution in [0, 0.1) is 5.92 Å². The fourth-order valence-electron chi connectivity index (χ4n) is 5.49. The summed E-state index contributed by atoms with van der Waals surface area (Å²) in [6.45, 7) is 6.37. The summed E-state index contributed by atoms with van der Waals surface area (Å²) in [5, 5.41) is 0. The van der Waals surface area contributed by atoms with Crippen molar-refractivity contribution in [3.8, 4) is 17.2 Å². The van der Waals surface area contributed by atoms with Gasteiger partial charge >= 0.3 is 18.0 Å². The smallest absolute Gasteiger partial charge is 0.409 e. The first-order valence-electron chi connectivity index (χ1n) is 17.7. The largest absolute Gasteiger partial charge is 0.494 e. The fourth-order valence-corrected chi connectivity index (χ4v) is 5.49. The average Bonchev–Trinajstić information content (AvgIpc) is 3.08. The molecule has 1 heterocycles. The minimum atomic E-state index is -0.699. The van der Waals surface area contributed by atoms with Crippen molar-refractivity contribution in [2.45, 2.75) is 117 Å². The van der Waals surface area contributed by atoms with Gasteiger partial charge in [0.1, 0.15) is 17.2 Å². The number of hydrogen-bond donors (Lipinski definition) is 0. The number of rotatable bonds is 21.